The molecule has 0 saturated heterocycles. The van der Waals surface area contributed by atoms with Gasteiger partial charge in [0, 0.05) is 10.6 Å². The highest BCUT2D eigenvalue weighted by molar-refractivity contribution is 7.98. The van der Waals surface area contributed by atoms with E-state index in [1.165, 1.54) is 16.0 Å². The van der Waals surface area contributed by atoms with Crippen molar-refractivity contribution < 1.29 is 5.11 Å². The Kier molecular flexibility index (Phi) is 5.06. The summed E-state index contributed by atoms with van der Waals surface area (Å²) in [6.07, 6.45) is 0.422. The van der Waals surface area contributed by atoms with Crippen molar-refractivity contribution in [3.05, 3.63) is 65.2 Å². The van der Waals surface area contributed by atoms with Gasteiger partial charge in [0.2, 0.25) is 0 Å². The number of aliphatic hydroxyl groups is 1. The molecule has 0 unspecified atom stereocenters. The maximum atomic E-state index is 9.76. The molecule has 0 fully saturated rings. The summed E-state index contributed by atoms with van der Waals surface area (Å²) < 4.78 is 0. The summed E-state index contributed by atoms with van der Waals surface area (Å²) in [7, 11) is 0. The van der Waals surface area contributed by atoms with Crippen molar-refractivity contribution >= 4 is 11.8 Å². The summed E-state index contributed by atoms with van der Waals surface area (Å²) in [5.74, 6) is 0.988. The highest BCUT2D eigenvalue weighted by atomic mass is 32.2. The fraction of sp³-hybridized carbons (Fsp3) is 0.294. The molecule has 1 nitrogen and oxygen atoms in total. The summed E-state index contributed by atoms with van der Waals surface area (Å²) in [6, 6.07) is 16.7. The molecule has 1 N–H and O–H groups in total. The van der Waals surface area contributed by atoms with Crippen LogP contribution in [0.4, 0.5) is 0 Å². The highest BCUT2D eigenvalue weighted by Gasteiger charge is 2.04. The fourth-order valence-electron chi connectivity index (χ4n) is 1.96. The van der Waals surface area contributed by atoms with E-state index < -0.39 is 0 Å². The summed E-state index contributed by atoms with van der Waals surface area (Å²) >= 11 is 1.83. The molecule has 2 aromatic rings. The topological polar surface area (TPSA) is 20.2 Å². The first-order valence-electron chi connectivity index (χ1n) is 6.66. The van der Waals surface area contributed by atoms with E-state index in [0.717, 1.165) is 17.7 Å². The molecule has 0 spiro atoms. The standard InChI is InChI=1S/C17H20OS/c1-3-17(18)14-8-10-16(11-9-14)19-12-15-7-5-4-6-13(15)2/h4-11,17-18H,3,12H2,1-2H3/t17-/m0/s1. The van der Waals surface area contributed by atoms with E-state index in [0.29, 0.717) is 0 Å². The lowest BCUT2D eigenvalue weighted by Crippen LogP contribution is -1.94. The van der Waals surface area contributed by atoms with E-state index in [2.05, 4.69) is 43.3 Å². The van der Waals surface area contributed by atoms with E-state index in [-0.39, 0.29) is 6.10 Å². The molecule has 0 radical (unpaired) electrons. The number of thioether (sulfide) groups is 1. The lowest BCUT2D eigenvalue weighted by atomic mass is 10.1. The van der Waals surface area contributed by atoms with Crippen LogP contribution in [0.2, 0.25) is 0 Å². The summed E-state index contributed by atoms with van der Waals surface area (Å²) in [4.78, 5) is 1.25. The fourth-order valence-corrected chi connectivity index (χ4v) is 2.93. The zero-order valence-electron chi connectivity index (χ0n) is 11.5. The first-order chi connectivity index (χ1) is 9.20. The maximum Gasteiger partial charge on any atom is 0.0787 e. The zero-order valence-corrected chi connectivity index (χ0v) is 12.3. The van der Waals surface area contributed by atoms with Crippen LogP contribution in [0.15, 0.2) is 53.4 Å². The van der Waals surface area contributed by atoms with Gasteiger partial charge >= 0.3 is 0 Å². The van der Waals surface area contributed by atoms with Gasteiger partial charge in [-0.15, -0.1) is 11.8 Å². The minimum absolute atomic E-state index is 0.338. The van der Waals surface area contributed by atoms with E-state index in [1.807, 2.05) is 30.8 Å². The van der Waals surface area contributed by atoms with Crippen LogP contribution in [0.3, 0.4) is 0 Å². The third-order valence-electron chi connectivity index (χ3n) is 3.31. The van der Waals surface area contributed by atoms with Crippen molar-refractivity contribution in [3.8, 4) is 0 Å². The SMILES string of the molecule is CC[C@H](O)c1ccc(SCc2ccccc2C)cc1. The largest absolute Gasteiger partial charge is 0.388 e. The second-order valence-electron chi connectivity index (χ2n) is 4.71. The minimum atomic E-state index is -0.338. The normalized spacial score (nSPS) is 12.4. The van der Waals surface area contributed by atoms with Gasteiger partial charge in [-0.1, -0.05) is 43.3 Å². The van der Waals surface area contributed by atoms with Crippen LogP contribution in [0, 0.1) is 6.92 Å². The smallest absolute Gasteiger partial charge is 0.0787 e. The van der Waals surface area contributed by atoms with Crippen molar-refractivity contribution in [2.45, 2.75) is 37.0 Å². The number of aliphatic hydroxyl groups excluding tert-OH is 1. The number of hydrogen-bond donors (Lipinski definition) is 1. The Morgan fingerprint density at radius 3 is 2.37 bits per heavy atom. The molecule has 2 aromatic carbocycles. The Bertz CT molecular complexity index is 519. The molecular weight excluding hydrogens is 252 g/mol. The van der Waals surface area contributed by atoms with Gasteiger partial charge in [0.1, 0.15) is 0 Å². The van der Waals surface area contributed by atoms with Crippen molar-refractivity contribution in [2.75, 3.05) is 0 Å². The monoisotopic (exact) mass is 272 g/mol. The Hall–Kier alpha value is -1.25. The maximum absolute atomic E-state index is 9.76. The summed E-state index contributed by atoms with van der Waals surface area (Å²) in [5, 5.41) is 9.76. The molecule has 0 aromatic heterocycles. The van der Waals surface area contributed by atoms with Gasteiger partial charge in [-0.05, 0) is 42.2 Å². The molecule has 0 amide bonds. The Morgan fingerprint density at radius 1 is 1.05 bits per heavy atom. The van der Waals surface area contributed by atoms with Crippen molar-refractivity contribution in [1.82, 2.24) is 0 Å². The predicted molar refractivity (Wildman–Crippen MR) is 82.4 cm³/mol. The Labute approximate surface area is 119 Å². The molecule has 19 heavy (non-hydrogen) atoms. The molecule has 100 valence electrons. The van der Waals surface area contributed by atoms with Crippen LogP contribution in [-0.4, -0.2) is 5.11 Å². The molecule has 1 atom stereocenters. The second-order valence-corrected chi connectivity index (χ2v) is 5.76. The van der Waals surface area contributed by atoms with E-state index >= 15 is 0 Å². The number of benzene rings is 2. The van der Waals surface area contributed by atoms with Crippen LogP contribution in [0.25, 0.3) is 0 Å². The van der Waals surface area contributed by atoms with E-state index in [1.54, 1.807) is 0 Å². The molecule has 0 aliphatic carbocycles. The van der Waals surface area contributed by atoms with E-state index in [4.69, 9.17) is 0 Å². The first kappa shape index (κ1) is 14.2. The minimum Gasteiger partial charge on any atom is -0.388 e. The van der Waals surface area contributed by atoms with Gasteiger partial charge < -0.3 is 5.11 Å². The Balaban J connectivity index is 1.99. The van der Waals surface area contributed by atoms with Crippen LogP contribution >= 0.6 is 11.8 Å². The average molecular weight is 272 g/mol. The predicted octanol–water partition coefficient (Wildman–Crippen LogP) is 4.73. The molecule has 0 bridgehead atoms. The summed E-state index contributed by atoms with van der Waals surface area (Å²) in [5.41, 5.74) is 3.72. The van der Waals surface area contributed by atoms with Gasteiger partial charge in [-0.25, -0.2) is 0 Å². The molecule has 0 heterocycles. The number of aryl methyl sites for hydroxylation is 1. The van der Waals surface area contributed by atoms with Gasteiger partial charge in [0.15, 0.2) is 0 Å². The second kappa shape index (κ2) is 6.78. The Morgan fingerprint density at radius 2 is 1.74 bits per heavy atom. The molecular formula is C17H20OS. The van der Waals surface area contributed by atoms with Crippen LogP contribution < -0.4 is 0 Å². The third-order valence-corrected chi connectivity index (χ3v) is 4.37. The van der Waals surface area contributed by atoms with Crippen molar-refractivity contribution in [1.29, 1.82) is 0 Å². The molecule has 2 rings (SSSR count). The van der Waals surface area contributed by atoms with Gasteiger partial charge in [-0.2, -0.15) is 0 Å². The number of hydrogen-bond acceptors (Lipinski definition) is 2. The molecule has 0 aliphatic rings. The quantitative estimate of drug-likeness (QED) is 0.794. The summed E-state index contributed by atoms with van der Waals surface area (Å²) in [6.45, 7) is 4.14. The highest BCUT2D eigenvalue weighted by Crippen LogP contribution is 2.26. The zero-order chi connectivity index (χ0) is 13.7. The van der Waals surface area contributed by atoms with Gasteiger partial charge in [-0.3, -0.25) is 0 Å². The third kappa shape index (κ3) is 3.85. The molecule has 0 saturated carbocycles. The molecule has 2 heteroatoms. The van der Waals surface area contributed by atoms with Gasteiger partial charge in [0.05, 0.1) is 6.10 Å². The van der Waals surface area contributed by atoms with Crippen LogP contribution in [0.5, 0.6) is 0 Å². The average Bonchev–Trinajstić information content (AvgIpc) is 2.46. The number of rotatable bonds is 5. The van der Waals surface area contributed by atoms with Gasteiger partial charge in [0.25, 0.3) is 0 Å². The lowest BCUT2D eigenvalue weighted by molar-refractivity contribution is 0.173. The van der Waals surface area contributed by atoms with Crippen LogP contribution in [-0.2, 0) is 5.75 Å². The van der Waals surface area contributed by atoms with Crippen molar-refractivity contribution in [2.24, 2.45) is 0 Å². The molecule has 0 aliphatic heterocycles. The van der Waals surface area contributed by atoms with Crippen molar-refractivity contribution in [3.63, 3.8) is 0 Å². The van der Waals surface area contributed by atoms with E-state index in [9.17, 15) is 5.11 Å². The first-order valence-corrected chi connectivity index (χ1v) is 7.64. The van der Waals surface area contributed by atoms with Crippen LogP contribution in [0.1, 0.15) is 36.1 Å². The lowest BCUT2D eigenvalue weighted by Gasteiger charge is -2.09.